The van der Waals surface area contributed by atoms with Crippen molar-refractivity contribution in [3.8, 4) is 28.3 Å². The molecule has 0 unspecified atom stereocenters. The van der Waals surface area contributed by atoms with Crippen LogP contribution in [0.25, 0.3) is 22.4 Å². The lowest BCUT2D eigenvalue weighted by Crippen LogP contribution is -1.93. The molecule has 2 aromatic heterocycles. The summed E-state index contributed by atoms with van der Waals surface area (Å²) >= 11 is 5.92. The van der Waals surface area contributed by atoms with E-state index in [1.807, 2.05) is 18.2 Å². The molecule has 6 heteroatoms. The molecule has 3 aromatic rings. The van der Waals surface area contributed by atoms with Crippen LogP contribution < -0.4 is 10.5 Å². The second-order valence-corrected chi connectivity index (χ2v) is 4.77. The van der Waals surface area contributed by atoms with Crippen LogP contribution in [0.1, 0.15) is 0 Å². The van der Waals surface area contributed by atoms with Crippen molar-refractivity contribution in [3.63, 3.8) is 0 Å². The number of aromatic nitrogens is 2. The summed E-state index contributed by atoms with van der Waals surface area (Å²) in [7, 11) is 1.55. The first kappa shape index (κ1) is 13.5. The Balaban J connectivity index is 2.19. The normalized spacial score (nSPS) is 10.6. The van der Waals surface area contributed by atoms with E-state index in [2.05, 4.69) is 10.1 Å². The standard InChI is InChI=1S/C15H12ClN3O2/c1-20-15-11(3-2-8-18-15)13-12(14(17)21-19-13)9-4-6-10(16)7-5-9/h2-8H,17H2,1H3. The zero-order valence-corrected chi connectivity index (χ0v) is 12.0. The van der Waals surface area contributed by atoms with Crippen molar-refractivity contribution >= 4 is 17.5 Å². The fourth-order valence-electron chi connectivity index (χ4n) is 2.12. The number of hydrogen-bond acceptors (Lipinski definition) is 5. The Bertz CT molecular complexity index is 769. The van der Waals surface area contributed by atoms with Crippen molar-refractivity contribution in [2.75, 3.05) is 12.8 Å². The molecule has 0 radical (unpaired) electrons. The molecule has 0 spiro atoms. The summed E-state index contributed by atoms with van der Waals surface area (Å²) in [6.45, 7) is 0. The van der Waals surface area contributed by atoms with Gasteiger partial charge in [-0.3, -0.25) is 0 Å². The number of nitrogens with two attached hydrogens (primary N) is 1. The van der Waals surface area contributed by atoms with E-state index in [1.54, 1.807) is 31.5 Å². The molecule has 0 bridgehead atoms. The van der Waals surface area contributed by atoms with E-state index in [0.717, 1.165) is 5.56 Å². The highest BCUT2D eigenvalue weighted by molar-refractivity contribution is 6.30. The van der Waals surface area contributed by atoms with Crippen LogP contribution in [0, 0.1) is 0 Å². The molecule has 0 atom stereocenters. The van der Waals surface area contributed by atoms with E-state index < -0.39 is 0 Å². The third kappa shape index (κ3) is 2.43. The second-order valence-electron chi connectivity index (χ2n) is 4.34. The molecule has 0 saturated carbocycles. The highest BCUT2D eigenvalue weighted by atomic mass is 35.5. The molecule has 106 valence electrons. The van der Waals surface area contributed by atoms with Gasteiger partial charge in [-0.25, -0.2) is 4.98 Å². The van der Waals surface area contributed by atoms with E-state index in [-0.39, 0.29) is 5.88 Å². The number of nitrogens with zero attached hydrogens (tertiary/aromatic N) is 2. The number of methoxy groups -OCH3 is 1. The lowest BCUT2D eigenvalue weighted by atomic mass is 10.0. The minimum absolute atomic E-state index is 0.234. The van der Waals surface area contributed by atoms with Crippen molar-refractivity contribution in [3.05, 3.63) is 47.6 Å². The Labute approximate surface area is 126 Å². The van der Waals surface area contributed by atoms with Crippen LogP contribution in [0.5, 0.6) is 5.88 Å². The lowest BCUT2D eigenvalue weighted by molar-refractivity contribution is 0.398. The summed E-state index contributed by atoms with van der Waals surface area (Å²) in [5, 5.41) is 4.69. The first-order valence-electron chi connectivity index (χ1n) is 6.21. The monoisotopic (exact) mass is 301 g/mol. The van der Waals surface area contributed by atoms with Crippen molar-refractivity contribution in [1.82, 2.24) is 10.1 Å². The van der Waals surface area contributed by atoms with Crippen molar-refractivity contribution < 1.29 is 9.26 Å². The van der Waals surface area contributed by atoms with Gasteiger partial charge in [0.1, 0.15) is 5.69 Å². The molecule has 0 aliphatic carbocycles. The summed E-state index contributed by atoms with van der Waals surface area (Å²) < 4.78 is 10.4. The van der Waals surface area contributed by atoms with Gasteiger partial charge in [0.25, 0.3) is 0 Å². The average molecular weight is 302 g/mol. The maximum atomic E-state index is 5.92. The number of nitrogen functional groups attached to an aromatic ring is 1. The summed E-state index contributed by atoms with van der Waals surface area (Å²) in [5.41, 5.74) is 8.77. The molecule has 2 N–H and O–H groups in total. The second kappa shape index (κ2) is 5.46. The molecule has 3 rings (SSSR count). The quantitative estimate of drug-likeness (QED) is 0.799. The van der Waals surface area contributed by atoms with Gasteiger partial charge in [-0.1, -0.05) is 28.9 Å². The van der Waals surface area contributed by atoms with Gasteiger partial charge in [-0.15, -0.1) is 0 Å². The Morgan fingerprint density at radius 1 is 1.19 bits per heavy atom. The fraction of sp³-hybridized carbons (Fsp3) is 0.0667. The van der Waals surface area contributed by atoms with Gasteiger partial charge in [0.2, 0.25) is 11.8 Å². The van der Waals surface area contributed by atoms with Crippen LogP contribution in [0.4, 0.5) is 5.88 Å². The van der Waals surface area contributed by atoms with Crippen LogP contribution in [0.15, 0.2) is 47.1 Å². The summed E-state index contributed by atoms with van der Waals surface area (Å²) in [6, 6.07) is 10.9. The van der Waals surface area contributed by atoms with Crippen molar-refractivity contribution in [2.45, 2.75) is 0 Å². The third-order valence-corrected chi connectivity index (χ3v) is 3.32. The maximum absolute atomic E-state index is 5.92. The largest absolute Gasteiger partial charge is 0.481 e. The zero-order valence-electron chi connectivity index (χ0n) is 11.2. The molecular weight excluding hydrogens is 290 g/mol. The molecule has 1 aromatic carbocycles. The topological polar surface area (TPSA) is 74.2 Å². The molecule has 2 heterocycles. The van der Waals surface area contributed by atoms with Crippen LogP contribution in [-0.2, 0) is 0 Å². The molecule has 0 saturated heterocycles. The fourth-order valence-corrected chi connectivity index (χ4v) is 2.24. The Morgan fingerprint density at radius 2 is 1.95 bits per heavy atom. The highest BCUT2D eigenvalue weighted by Crippen LogP contribution is 2.39. The Hall–Kier alpha value is -2.53. The maximum Gasteiger partial charge on any atom is 0.230 e. The van der Waals surface area contributed by atoms with Crippen molar-refractivity contribution in [2.24, 2.45) is 0 Å². The SMILES string of the molecule is COc1ncccc1-c1noc(N)c1-c1ccc(Cl)cc1. The molecule has 21 heavy (non-hydrogen) atoms. The smallest absolute Gasteiger partial charge is 0.230 e. The molecule has 0 aliphatic heterocycles. The van der Waals surface area contributed by atoms with E-state index in [0.29, 0.717) is 27.7 Å². The van der Waals surface area contributed by atoms with Gasteiger partial charge in [-0.05, 0) is 29.8 Å². The molecule has 5 nitrogen and oxygen atoms in total. The van der Waals surface area contributed by atoms with Gasteiger partial charge < -0.3 is 15.0 Å². The average Bonchev–Trinajstić information content (AvgIpc) is 2.90. The number of benzene rings is 1. The van der Waals surface area contributed by atoms with Gasteiger partial charge in [0, 0.05) is 11.2 Å². The number of anilines is 1. The minimum Gasteiger partial charge on any atom is -0.481 e. The van der Waals surface area contributed by atoms with Gasteiger partial charge in [0.05, 0.1) is 18.2 Å². The van der Waals surface area contributed by atoms with E-state index in [4.69, 9.17) is 26.6 Å². The Kier molecular flexibility index (Phi) is 3.50. The van der Waals surface area contributed by atoms with Crippen molar-refractivity contribution in [1.29, 1.82) is 0 Å². The molecule has 0 amide bonds. The van der Waals surface area contributed by atoms with Crippen LogP contribution in [-0.4, -0.2) is 17.3 Å². The first-order chi connectivity index (χ1) is 10.2. The number of rotatable bonds is 3. The highest BCUT2D eigenvalue weighted by Gasteiger charge is 2.20. The summed E-state index contributed by atoms with van der Waals surface area (Å²) in [4.78, 5) is 4.17. The Morgan fingerprint density at radius 3 is 2.67 bits per heavy atom. The van der Waals surface area contributed by atoms with Gasteiger partial charge in [-0.2, -0.15) is 0 Å². The third-order valence-electron chi connectivity index (χ3n) is 3.07. The zero-order chi connectivity index (χ0) is 14.8. The number of halogens is 1. The number of hydrogen-bond donors (Lipinski definition) is 1. The van der Waals surface area contributed by atoms with E-state index in [1.165, 1.54) is 0 Å². The molecular formula is C15H12ClN3O2. The van der Waals surface area contributed by atoms with E-state index in [9.17, 15) is 0 Å². The number of ether oxygens (including phenoxy) is 1. The molecule has 0 fully saturated rings. The van der Waals surface area contributed by atoms with E-state index >= 15 is 0 Å². The predicted molar refractivity (Wildman–Crippen MR) is 81.1 cm³/mol. The van der Waals surface area contributed by atoms with Crippen LogP contribution in [0.3, 0.4) is 0 Å². The van der Waals surface area contributed by atoms with Crippen LogP contribution in [0.2, 0.25) is 5.02 Å². The number of pyridine rings is 1. The summed E-state index contributed by atoms with van der Waals surface area (Å²) in [6.07, 6.45) is 1.65. The lowest BCUT2D eigenvalue weighted by Gasteiger charge is -2.06. The molecule has 0 aliphatic rings. The first-order valence-corrected chi connectivity index (χ1v) is 6.59. The summed E-state index contributed by atoms with van der Waals surface area (Å²) in [5.74, 6) is 0.694. The van der Waals surface area contributed by atoms with Gasteiger partial charge >= 0.3 is 0 Å². The van der Waals surface area contributed by atoms with Gasteiger partial charge in [0.15, 0.2) is 0 Å². The predicted octanol–water partition coefficient (Wildman–Crippen LogP) is 3.65. The minimum atomic E-state index is 0.234. The van der Waals surface area contributed by atoms with Crippen LogP contribution >= 0.6 is 11.6 Å².